The highest BCUT2D eigenvalue weighted by atomic mass is 32.2. The van der Waals surface area contributed by atoms with Crippen LogP contribution in [-0.2, 0) is 16.4 Å². The topological polar surface area (TPSA) is 66.5 Å². The van der Waals surface area contributed by atoms with Crippen LogP contribution in [-0.4, -0.2) is 38.3 Å². The summed E-state index contributed by atoms with van der Waals surface area (Å²) < 4.78 is 41.0. The van der Waals surface area contributed by atoms with Gasteiger partial charge in [0.25, 0.3) is 5.91 Å². The first-order valence-corrected chi connectivity index (χ1v) is 11.3. The van der Waals surface area contributed by atoms with Gasteiger partial charge in [-0.15, -0.1) is 0 Å². The highest BCUT2D eigenvalue weighted by Gasteiger charge is 2.31. The summed E-state index contributed by atoms with van der Waals surface area (Å²) in [7, 11) is -3.57. The van der Waals surface area contributed by atoms with Crippen molar-refractivity contribution in [3.63, 3.8) is 0 Å². The van der Waals surface area contributed by atoms with Crippen LogP contribution in [0, 0.1) is 17.7 Å². The standard InChI is InChI=1S/C22H27FN2O3S/c1-16-13-17(2)15-25(14-16)29(27,28)20-9-7-19(8-10-20)22(26)24-12-11-18-5-3-4-6-21(18)23/h3-10,16-17H,11-15H2,1-2H3,(H,24,26)/t16-,17+. The van der Waals surface area contributed by atoms with Gasteiger partial charge in [0.05, 0.1) is 4.90 Å². The van der Waals surface area contributed by atoms with Crippen molar-refractivity contribution in [2.75, 3.05) is 19.6 Å². The molecule has 1 fully saturated rings. The molecule has 29 heavy (non-hydrogen) atoms. The lowest BCUT2D eigenvalue weighted by Gasteiger charge is -2.34. The molecule has 0 saturated carbocycles. The van der Waals surface area contributed by atoms with Crippen molar-refractivity contribution in [2.24, 2.45) is 11.8 Å². The van der Waals surface area contributed by atoms with Crippen LogP contribution in [0.15, 0.2) is 53.4 Å². The molecule has 1 amide bonds. The molecule has 3 rings (SSSR count). The number of nitrogens with one attached hydrogen (secondary N) is 1. The normalized spacial score (nSPS) is 20.4. The predicted molar refractivity (Wildman–Crippen MR) is 111 cm³/mol. The molecule has 1 aliphatic heterocycles. The van der Waals surface area contributed by atoms with Gasteiger partial charge >= 0.3 is 0 Å². The van der Waals surface area contributed by atoms with Crippen LogP contribution < -0.4 is 5.32 Å². The van der Waals surface area contributed by atoms with E-state index in [1.807, 2.05) is 0 Å². The summed E-state index contributed by atoms with van der Waals surface area (Å²) in [6.07, 6.45) is 1.41. The monoisotopic (exact) mass is 418 g/mol. The molecule has 1 saturated heterocycles. The van der Waals surface area contributed by atoms with Crippen molar-refractivity contribution in [3.05, 3.63) is 65.5 Å². The molecular formula is C22H27FN2O3S. The van der Waals surface area contributed by atoms with E-state index in [1.165, 1.54) is 34.6 Å². The quantitative estimate of drug-likeness (QED) is 0.781. The summed E-state index contributed by atoms with van der Waals surface area (Å²) in [5, 5.41) is 2.74. The zero-order valence-corrected chi connectivity index (χ0v) is 17.6. The Labute approximate surface area is 172 Å². The number of carbonyl (C=O) groups excluding carboxylic acids is 1. The molecule has 2 atom stereocenters. The Hall–Kier alpha value is -2.25. The van der Waals surface area contributed by atoms with Crippen molar-refractivity contribution in [1.29, 1.82) is 0 Å². The smallest absolute Gasteiger partial charge is 0.251 e. The fourth-order valence-corrected chi connectivity index (χ4v) is 5.52. The van der Waals surface area contributed by atoms with E-state index in [2.05, 4.69) is 19.2 Å². The van der Waals surface area contributed by atoms with Crippen LogP contribution in [0.25, 0.3) is 0 Å². The van der Waals surface area contributed by atoms with E-state index < -0.39 is 10.0 Å². The zero-order chi connectivity index (χ0) is 21.0. The molecule has 0 radical (unpaired) electrons. The van der Waals surface area contributed by atoms with Crippen LogP contribution in [0.5, 0.6) is 0 Å². The number of hydrogen-bond acceptors (Lipinski definition) is 3. The first-order chi connectivity index (χ1) is 13.8. The zero-order valence-electron chi connectivity index (χ0n) is 16.8. The third-order valence-corrected chi connectivity index (χ3v) is 7.07. The lowest BCUT2D eigenvalue weighted by Crippen LogP contribution is -2.42. The minimum atomic E-state index is -3.57. The maximum absolute atomic E-state index is 13.6. The summed E-state index contributed by atoms with van der Waals surface area (Å²) in [5.41, 5.74) is 0.914. The minimum absolute atomic E-state index is 0.196. The van der Waals surface area contributed by atoms with Gasteiger partial charge < -0.3 is 5.32 Å². The molecule has 1 heterocycles. The molecule has 5 nitrogen and oxygen atoms in total. The Balaban J connectivity index is 1.61. The van der Waals surface area contributed by atoms with E-state index in [4.69, 9.17) is 0 Å². The van der Waals surface area contributed by atoms with Crippen LogP contribution in [0.4, 0.5) is 4.39 Å². The average molecular weight is 419 g/mol. The number of sulfonamides is 1. The average Bonchev–Trinajstić information content (AvgIpc) is 2.68. The van der Waals surface area contributed by atoms with Gasteiger partial charge in [-0.3, -0.25) is 4.79 Å². The molecule has 0 unspecified atom stereocenters. The van der Waals surface area contributed by atoms with Gasteiger partial charge in [-0.05, 0) is 60.6 Å². The van der Waals surface area contributed by atoms with E-state index in [0.717, 1.165) is 6.42 Å². The second-order valence-corrected chi connectivity index (χ2v) is 9.83. The molecule has 0 spiro atoms. The predicted octanol–water partition coefficient (Wildman–Crippen LogP) is 3.46. The molecule has 1 aliphatic rings. The molecular weight excluding hydrogens is 391 g/mol. The fraction of sp³-hybridized carbons (Fsp3) is 0.409. The number of piperidine rings is 1. The third-order valence-electron chi connectivity index (χ3n) is 5.23. The number of amides is 1. The molecule has 7 heteroatoms. The van der Waals surface area contributed by atoms with E-state index in [9.17, 15) is 17.6 Å². The number of rotatable bonds is 6. The second-order valence-electron chi connectivity index (χ2n) is 7.89. The lowest BCUT2D eigenvalue weighted by molar-refractivity contribution is 0.0954. The summed E-state index contributed by atoms with van der Waals surface area (Å²) in [4.78, 5) is 12.5. The number of nitrogens with zero attached hydrogens (tertiary/aromatic N) is 1. The summed E-state index contributed by atoms with van der Waals surface area (Å²) in [5.74, 6) is 0.0456. The highest BCUT2D eigenvalue weighted by molar-refractivity contribution is 7.89. The first kappa shape index (κ1) is 21.5. The number of halogens is 1. The highest BCUT2D eigenvalue weighted by Crippen LogP contribution is 2.26. The Kier molecular flexibility index (Phi) is 6.70. The third kappa shape index (κ3) is 5.22. The maximum Gasteiger partial charge on any atom is 0.251 e. The number of benzene rings is 2. The van der Waals surface area contributed by atoms with E-state index in [1.54, 1.807) is 18.2 Å². The van der Waals surface area contributed by atoms with Crippen LogP contribution in [0.3, 0.4) is 0 Å². The van der Waals surface area contributed by atoms with E-state index in [0.29, 0.717) is 49.0 Å². The van der Waals surface area contributed by atoms with Gasteiger partial charge in [0.15, 0.2) is 0 Å². The van der Waals surface area contributed by atoms with Gasteiger partial charge in [-0.2, -0.15) is 4.31 Å². The van der Waals surface area contributed by atoms with Gasteiger partial charge in [0.2, 0.25) is 10.0 Å². The number of carbonyl (C=O) groups is 1. The summed E-state index contributed by atoms with van der Waals surface area (Å²) in [6.45, 7) is 5.46. The van der Waals surface area contributed by atoms with Crippen molar-refractivity contribution < 1.29 is 17.6 Å². The van der Waals surface area contributed by atoms with Crippen LogP contribution >= 0.6 is 0 Å². The van der Waals surface area contributed by atoms with Crippen molar-refractivity contribution >= 4 is 15.9 Å². The van der Waals surface area contributed by atoms with E-state index in [-0.39, 0.29) is 16.6 Å². The Morgan fingerprint density at radius 1 is 1.07 bits per heavy atom. The summed E-state index contributed by atoms with van der Waals surface area (Å²) in [6, 6.07) is 12.4. The van der Waals surface area contributed by atoms with Gasteiger partial charge in [-0.1, -0.05) is 32.0 Å². The van der Waals surface area contributed by atoms with Crippen LogP contribution in [0.1, 0.15) is 36.2 Å². The molecule has 0 bridgehead atoms. The Bertz CT molecular complexity index is 950. The molecule has 0 aliphatic carbocycles. The molecule has 156 valence electrons. The van der Waals surface area contributed by atoms with Crippen LogP contribution in [0.2, 0.25) is 0 Å². The molecule has 2 aromatic rings. The van der Waals surface area contributed by atoms with E-state index >= 15 is 0 Å². The van der Waals surface area contributed by atoms with Gasteiger partial charge in [0, 0.05) is 25.2 Å². The molecule has 0 aromatic heterocycles. The summed E-state index contributed by atoms with van der Waals surface area (Å²) >= 11 is 0. The van der Waals surface area contributed by atoms with Gasteiger partial charge in [-0.25, -0.2) is 12.8 Å². The SMILES string of the molecule is C[C@@H]1C[C@H](C)CN(S(=O)(=O)c2ccc(C(=O)NCCc3ccccc3F)cc2)C1. The van der Waals surface area contributed by atoms with Crippen molar-refractivity contribution in [3.8, 4) is 0 Å². The minimum Gasteiger partial charge on any atom is -0.352 e. The molecule has 1 N–H and O–H groups in total. The van der Waals surface area contributed by atoms with Gasteiger partial charge in [0.1, 0.15) is 5.82 Å². The number of hydrogen-bond donors (Lipinski definition) is 1. The van der Waals surface area contributed by atoms with Crippen molar-refractivity contribution in [2.45, 2.75) is 31.6 Å². The Morgan fingerprint density at radius 3 is 2.31 bits per heavy atom. The second kappa shape index (κ2) is 9.05. The van der Waals surface area contributed by atoms with Crippen molar-refractivity contribution in [1.82, 2.24) is 9.62 Å². The molecule has 2 aromatic carbocycles. The fourth-order valence-electron chi connectivity index (χ4n) is 3.84. The first-order valence-electron chi connectivity index (χ1n) is 9.89. The largest absolute Gasteiger partial charge is 0.352 e. The Morgan fingerprint density at radius 2 is 1.69 bits per heavy atom. The lowest BCUT2D eigenvalue weighted by atomic mass is 9.94. The maximum atomic E-state index is 13.6.